The first-order valence-corrected chi connectivity index (χ1v) is 22.8. The second kappa shape index (κ2) is 24.6. The van der Waals surface area contributed by atoms with Crippen molar-refractivity contribution < 1.29 is 73.4 Å². The van der Waals surface area contributed by atoms with Crippen LogP contribution in [-0.2, 0) is 55.8 Å². The van der Waals surface area contributed by atoms with Gasteiger partial charge in [0.05, 0.1) is 37.2 Å². The van der Waals surface area contributed by atoms with Crippen molar-refractivity contribution in [3.63, 3.8) is 0 Å². The number of Topliss-reactive ketones (excluding diaryl/α,β-unsaturated/α-hetero) is 1. The van der Waals surface area contributed by atoms with E-state index in [0.717, 1.165) is 57.2 Å². The number of aryl methyl sites for hydroxylation is 1. The van der Waals surface area contributed by atoms with Crippen LogP contribution in [0.15, 0.2) is 6.20 Å². The van der Waals surface area contributed by atoms with Gasteiger partial charge in [0.2, 0.25) is 5.91 Å². The van der Waals surface area contributed by atoms with E-state index < -0.39 is 104 Å². The van der Waals surface area contributed by atoms with E-state index in [0.29, 0.717) is 38.9 Å². The predicted octanol–water partition coefficient (Wildman–Crippen LogP) is 1.41. The number of aliphatic carboxylic acids is 1. The summed E-state index contributed by atoms with van der Waals surface area (Å²) in [6, 6.07) is -1.28. The lowest BCUT2D eigenvalue weighted by Gasteiger charge is -2.49. The van der Waals surface area contributed by atoms with Gasteiger partial charge in [-0.05, 0) is 50.9 Å². The van der Waals surface area contributed by atoms with E-state index in [1.54, 1.807) is 0 Å². The number of carboxylic acids is 1. The Labute approximate surface area is 364 Å². The van der Waals surface area contributed by atoms with Crippen LogP contribution in [0.2, 0.25) is 0 Å². The zero-order valence-corrected chi connectivity index (χ0v) is 36.7. The average molecular weight is 885 g/mol. The van der Waals surface area contributed by atoms with Crippen molar-refractivity contribution >= 4 is 17.7 Å². The lowest BCUT2D eigenvalue weighted by molar-refractivity contribution is -0.338. The van der Waals surface area contributed by atoms with Crippen LogP contribution in [0.1, 0.15) is 117 Å². The monoisotopic (exact) mass is 884 g/mol. The maximum Gasteiger partial charge on any atom is 0.332 e. The maximum absolute atomic E-state index is 13.9. The van der Waals surface area contributed by atoms with Gasteiger partial charge >= 0.3 is 5.97 Å². The predicted molar refractivity (Wildman–Crippen MR) is 219 cm³/mol. The van der Waals surface area contributed by atoms with Gasteiger partial charge in [-0.2, -0.15) is 0 Å². The minimum Gasteiger partial charge on any atom is -0.479 e. The number of hydrogen-bond donors (Lipinski definition) is 7. The first kappa shape index (κ1) is 50.3. The van der Waals surface area contributed by atoms with Crippen LogP contribution in [0.25, 0.3) is 0 Å². The standard InChI is InChI=1S/C43H72N4O15/c1-5-7-16-47-22-29(45-46-47)15-18-57-17-11-14-30(50)28-20-27(6-2)39(62-43-38(54)37(53)35(51)24(3)58-43)31(21-28)60-42-34(44-25(4)49)40(36(52)33(23-48)61-42)59-32(41(55)56)19-26-12-9-8-10-13-26/h22,24,26-28,31-40,42-43,48,51-54H,5-21,23H2,1-4H3,(H,44,49)(H,55,56)/t24?,27?,28?,31-,32+,33+,34?,35-,36+,37+,38?,39-,40?,42-,43+/m1/s1. The Morgan fingerprint density at radius 1 is 0.935 bits per heavy atom. The molecule has 19 heteroatoms. The van der Waals surface area contributed by atoms with Crippen molar-refractivity contribution in [3.8, 4) is 0 Å². The smallest absolute Gasteiger partial charge is 0.332 e. The molecule has 4 aliphatic rings. The molecule has 354 valence electrons. The van der Waals surface area contributed by atoms with E-state index >= 15 is 0 Å². The van der Waals surface area contributed by atoms with Crippen LogP contribution in [0, 0.1) is 17.8 Å². The number of aliphatic hydroxyl groups excluding tert-OH is 5. The number of ketones is 1. The summed E-state index contributed by atoms with van der Waals surface area (Å²) in [5, 5.41) is 75.2. The van der Waals surface area contributed by atoms with Crippen LogP contribution < -0.4 is 5.32 Å². The Hall–Kier alpha value is -2.69. The minimum absolute atomic E-state index is 0.0288. The van der Waals surface area contributed by atoms with Crippen molar-refractivity contribution in [1.82, 2.24) is 20.3 Å². The number of aromatic nitrogens is 3. The van der Waals surface area contributed by atoms with Crippen molar-refractivity contribution in [2.24, 2.45) is 17.8 Å². The van der Waals surface area contributed by atoms with E-state index in [2.05, 4.69) is 22.6 Å². The highest BCUT2D eigenvalue weighted by Crippen LogP contribution is 2.40. The zero-order chi connectivity index (χ0) is 44.9. The molecule has 0 aromatic carbocycles. The lowest BCUT2D eigenvalue weighted by Crippen LogP contribution is -2.67. The van der Waals surface area contributed by atoms with Gasteiger partial charge in [-0.15, -0.1) is 5.10 Å². The highest BCUT2D eigenvalue weighted by Gasteiger charge is 2.52. The second-order valence-corrected chi connectivity index (χ2v) is 17.7. The highest BCUT2D eigenvalue weighted by atomic mass is 16.7. The first-order valence-electron chi connectivity index (χ1n) is 22.8. The lowest BCUT2D eigenvalue weighted by atomic mass is 9.74. The van der Waals surface area contributed by atoms with Crippen molar-refractivity contribution in [3.05, 3.63) is 11.9 Å². The van der Waals surface area contributed by atoms with E-state index in [1.165, 1.54) is 13.8 Å². The summed E-state index contributed by atoms with van der Waals surface area (Å²) in [4.78, 5) is 39.3. The Morgan fingerprint density at radius 2 is 1.69 bits per heavy atom. The molecule has 3 heterocycles. The van der Waals surface area contributed by atoms with Crippen LogP contribution in [-0.4, -0.2) is 163 Å². The molecular weight excluding hydrogens is 812 g/mol. The Bertz CT molecular complexity index is 1530. The third-order valence-corrected chi connectivity index (χ3v) is 13.0. The Balaban J connectivity index is 1.33. The van der Waals surface area contributed by atoms with Gasteiger partial charge in [0, 0.05) is 45.0 Å². The molecular formula is C43H72N4O15. The third kappa shape index (κ3) is 13.7. The average Bonchev–Trinajstić information content (AvgIpc) is 3.71. The van der Waals surface area contributed by atoms with Crippen LogP contribution in [0.4, 0.5) is 0 Å². The summed E-state index contributed by atoms with van der Waals surface area (Å²) >= 11 is 0. The van der Waals surface area contributed by atoms with Gasteiger partial charge in [-0.1, -0.05) is 64.0 Å². The van der Waals surface area contributed by atoms with Gasteiger partial charge in [-0.3, -0.25) is 14.3 Å². The molecule has 0 bridgehead atoms. The zero-order valence-electron chi connectivity index (χ0n) is 36.7. The number of ether oxygens (including phenoxy) is 6. The third-order valence-electron chi connectivity index (χ3n) is 13.0. The molecule has 2 saturated heterocycles. The fourth-order valence-electron chi connectivity index (χ4n) is 9.34. The molecule has 0 radical (unpaired) electrons. The number of hydrogen-bond acceptors (Lipinski definition) is 16. The fourth-order valence-corrected chi connectivity index (χ4v) is 9.34. The number of amides is 1. The number of rotatable bonds is 23. The molecule has 0 spiro atoms. The minimum atomic E-state index is -1.63. The van der Waals surface area contributed by atoms with Gasteiger partial charge in [0.15, 0.2) is 18.7 Å². The van der Waals surface area contributed by atoms with Crippen LogP contribution in [0.3, 0.4) is 0 Å². The second-order valence-electron chi connectivity index (χ2n) is 17.7. The van der Waals surface area contributed by atoms with Crippen molar-refractivity contribution in [1.29, 1.82) is 0 Å². The molecule has 1 aromatic heterocycles. The van der Waals surface area contributed by atoms with Gasteiger partial charge in [0.25, 0.3) is 0 Å². The number of nitrogens with zero attached hydrogens (tertiary/aromatic N) is 3. The summed E-state index contributed by atoms with van der Waals surface area (Å²) < 4.78 is 39.0. The van der Waals surface area contributed by atoms with Crippen LogP contribution >= 0.6 is 0 Å². The quantitative estimate of drug-likeness (QED) is 0.0766. The molecule has 2 aliphatic carbocycles. The van der Waals surface area contributed by atoms with Gasteiger partial charge in [-0.25, -0.2) is 4.79 Å². The number of aliphatic hydroxyl groups is 5. The van der Waals surface area contributed by atoms with Crippen molar-refractivity contribution in [2.45, 2.75) is 204 Å². The first-order chi connectivity index (χ1) is 29.7. The fraction of sp³-hybridized carbons (Fsp3) is 0.884. The molecule has 7 N–H and O–H groups in total. The van der Waals surface area contributed by atoms with Gasteiger partial charge in [0.1, 0.15) is 48.4 Å². The summed E-state index contributed by atoms with van der Waals surface area (Å²) in [7, 11) is 0. The maximum atomic E-state index is 13.9. The highest BCUT2D eigenvalue weighted by molar-refractivity contribution is 5.81. The van der Waals surface area contributed by atoms with Crippen LogP contribution in [0.5, 0.6) is 0 Å². The van der Waals surface area contributed by atoms with E-state index in [1.807, 2.05) is 17.8 Å². The number of unbranched alkanes of at least 4 members (excludes halogenated alkanes) is 1. The van der Waals surface area contributed by atoms with Crippen molar-refractivity contribution in [2.75, 3.05) is 19.8 Å². The summed E-state index contributed by atoms with van der Waals surface area (Å²) in [6.07, 6.45) is -4.64. The topological polar surface area (TPSA) is 271 Å². The molecule has 5 rings (SSSR count). The number of nitrogens with one attached hydrogen (secondary N) is 1. The van der Waals surface area contributed by atoms with E-state index in [4.69, 9.17) is 28.4 Å². The molecule has 4 fully saturated rings. The Kier molecular flexibility index (Phi) is 19.9. The SMILES string of the molecule is CCCCn1cc(CCOCCCC(=O)C2CC(CC)[C@@H](O[C@@H]3OC(C)[C@@H](O)[C@H](O)C3O)[C@H](O[C@@H]3O[C@@H](CO)[C@H](O)C(O[C@@H](CC4CCCCC4)C(=O)O)C3NC(C)=O)C2)nn1. The number of carbonyl (C=O) groups is 3. The van der Waals surface area contributed by atoms with Gasteiger partial charge < -0.3 is 64.4 Å². The molecule has 2 saturated carbocycles. The summed E-state index contributed by atoms with van der Waals surface area (Å²) in [5.41, 5.74) is 0.834. The molecule has 6 unspecified atom stereocenters. The summed E-state index contributed by atoms with van der Waals surface area (Å²) in [6.45, 7) is 7.71. The Morgan fingerprint density at radius 3 is 2.37 bits per heavy atom. The number of carbonyl (C=O) groups excluding carboxylic acids is 2. The molecule has 1 aromatic rings. The van der Waals surface area contributed by atoms with E-state index in [9.17, 15) is 45.0 Å². The molecule has 2 aliphatic heterocycles. The normalized spacial score (nSPS) is 35.0. The largest absolute Gasteiger partial charge is 0.479 e. The van der Waals surface area contributed by atoms with E-state index in [-0.39, 0.29) is 36.9 Å². The molecule has 19 nitrogen and oxygen atoms in total. The molecule has 1 amide bonds. The molecule has 15 atom stereocenters. The number of carboxylic acid groups (broad SMARTS) is 1. The summed E-state index contributed by atoms with van der Waals surface area (Å²) in [5.74, 6) is -2.60. The molecule has 62 heavy (non-hydrogen) atoms.